The number of amides is 2. The average molecular weight is 607 g/mol. The second kappa shape index (κ2) is 13.7. The van der Waals surface area contributed by atoms with Crippen molar-refractivity contribution in [3.63, 3.8) is 0 Å². The van der Waals surface area contributed by atoms with Crippen molar-refractivity contribution in [3.8, 4) is 11.5 Å². The molecule has 1 unspecified atom stereocenters. The second-order valence-corrected chi connectivity index (χ2v) is 11.8. The number of nitrogens with zero attached hydrogens (tertiary/aromatic N) is 3. The van der Waals surface area contributed by atoms with Crippen molar-refractivity contribution in [3.05, 3.63) is 77.9 Å². The van der Waals surface area contributed by atoms with Gasteiger partial charge in [-0.2, -0.15) is 0 Å². The first-order valence-corrected chi connectivity index (χ1v) is 16.2. The molecule has 1 atom stereocenters. The van der Waals surface area contributed by atoms with Gasteiger partial charge in [0.05, 0.1) is 36.6 Å². The van der Waals surface area contributed by atoms with Gasteiger partial charge in [0.2, 0.25) is 21.8 Å². The third kappa shape index (κ3) is 7.16. The summed E-state index contributed by atoms with van der Waals surface area (Å²) in [5, 5.41) is 2.96. The zero-order chi connectivity index (χ0) is 31.1. The molecule has 3 aromatic carbocycles. The Morgan fingerprint density at radius 3 is 2.07 bits per heavy atom. The first-order valence-electron chi connectivity index (χ1n) is 14.3. The molecule has 1 heterocycles. The Morgan fingerprint density at radius 1 is 0.907 bits per heavy atom. The van der Waals surface area contributed by atoms with E-state index >= 15 is 0 Å². The number of fused-ring (bicyclic) bond motifs is 1. The fourth-order valence-electron chi connectivity index (χ4n) is 5.01. The van der Waals surface area contributed by atoms with Crippen molar-refractivity contribution in [2.75, 3.05) is 48.7 Å². The van der Waals surface area contributed by atoms with Gasteiger partial charge in [0, 0.05) is 24.8 Å². The summed E-state index contributed by atoms with van der Waals surface area (Å²) in [5.74, 6) is -0.155. The fraction of sp³-hybridized carbons (Fsp3) is 0.344. The summed E-state index contributed by atoms with van der Waals surface area (Å²) in [6, 6.07) is 19.6. The number of sulfonamides is 1. The van der Waals surface area contributed by atoms with E-state index in [1.165, 1.54) is 0 Å². The van der Waals surface area contributed by atoms with E-state index in [1.807, 2.05) is 64.1 Å². The molecule has 1 aliphatic heterocycles. The lowest BCUT2D eigenvalue weighted by atomic mass is 9.90. The zero-order valence-electron chi connectivity index (χ0n) is 25.2. The van der Waals surface area contributed by atoms with Crippen LogP contribution < -0.4 is 19.1 Å². The molecule has 43 heavy (non-hydrogen) atoms. The topological polar surface area (TPSA) is 118 Å². The number of benzene rings is 3. The summed E-state index contributed by atoms with van der Waals surface area (Å²) in [6.45, 7) is 9.01. The van der Waals surface area contributed by atoms with Gasteiger partial charge in [0.25, 0.3) is 0 Å². The summed E-state index contributed by atoms with van der Waals surface area (Å²) < 4.78 is 38.0. The lowest BCUT2D eigenvalue weighted by Crippen LogP contribution is -2.42. The molecule has 0 saturated carbocycles. The number of likely N-dealkylation sites (N-methyl/N-ethyl adjacent to an activating group) is 1. The van der Waals surface area contributed by atoms with E-state index in [9.17, 15) is 18.0 Å². The van der Waals surface area contributed by atoms with E-state index in [4.69, 9.17) is 14.5 Å². The Labute approximate surface area is 253 Å². The van der Waals surface area contributed by atoms with Crippen LogP contribution in [0.3, 0.4) is 0 Å². The molecule has 0 fully saturated rings. The van der Waals surface area contributed by atoms with E-state index < -0.39 is 15.9 Å². The molecule has 0 radical (unpaired) electrons. The number of hydrogen-bond acceptors (Lipinski definition) is 7. The first kappa shape index (κ1) is 31.6. The number of rotatable bonds is 13. The predicted molar refractivity (Wildman–Crippen MR) is 169 cm³/mol. The Balaban J connectivity index is 1.76. The highest BCUT2D eigenvalue weighted by Crippen LogP contribution is 2.43. The highest BCUT2D eigenvalue weighted by Gasteiger charge is 2.37. The van der Waals surface area contributed by atoms with Crippen molar-refractivity contribution < 1.29 is 27.5 Å². The van der Waals surface area contributed by atoms with Crippen molar-refractivity contribution in [2.24, 2.45) is 4.99 Å². The molecule has 0 aliphatic carbocycles. The maximum atomic E-state index is 13.5. The van der Waals surface area contributed by atoms with Crippen LogP contribution in [-0.4, -0.2) is 69.9 Å². The van der Waals surface area contributed by atoms with Gasteiger partial charge in [-0.05, 0) is 69.2 Å². The average Bonchev–Trinajstić information content (AvgIpc) is 3.30. The van der Waals surface area contributed by atoms with Gasteiger partial charge in [-0.3, -0.25) is 18.9 Å². The molecule has 3 aromatic rings. The monoisotopic (exact) mass is 606 g/mol. The van der Waals surface area contributed by atoms with Gasteiger partial charge in [-0.1, -0.05) is 30.3 Å². The molecule has 0 saturated heterocycles. The smallest absolute Gasteiger partial charge is 0.243 e. The molecule has 1 N–H and O–H groups in total. The van der Waals surface area contributed by atoms with Gasteiger partial charge in [-0.25, -0.2) is 8.42 Å². The Bertz CT molecular complexity index is 1590. The third-order valence-electron chi connectivity index (χ3n) is 7.07. The zero-order valence-corrected chi connectivity index (χ0v) is 26.0. The maximum absolute atomic E-state index is 13.5. The van der Waals surface area contributed by atoms with Crippen molar-refractivity contribution in [1.29, 1.82) is 0 Å². The SMILES string of the molecule is CCOc1cc2c(cc1OCC)C(C(=Nc1ccc(N(CC(=O)N(CC)CC)S(C)(=O)=O)cc1)c1ccccc1)C(=O)N2. The maximum Gasteiger partial charge on any atom is 0.243 e. The summed E-state index contributed by atoms with van der Waals surface area (Å²) in [6.07, 6.45) is 1.08. The van der Waals surface area contributed by atoms with Gasteiger partial charge < -0.3 is 19.7 Å². The van der Waals surface area contributed by atoms with Crippen LogP contribution in [0.4, 0.5) is 17.1 Å². The number of carbonyl (C=O) groups is 2. The van der Waals surface area contributed by atoms with Crippen LogP contribution in [0.1, 0.15) is 44.7 Å². The standard InChI is InChI=1S/C32H38N4O6S/c1-6-35(7-2)29(37)21-36(43(5,39)40)24-17-15-23(16-18-24)33-31(22-13-11-10-12-14-22)30-25-19-27(41-8-3)28(42-9-4)20-26(25)34-32(30)38/h10-20,30H,6-9,21H2,1-5H3,(H,34,38). The quantitative estimate of drug-likeness (QED) is 0.275. The number of hydrogen-bond donors (Lipinski definition) is 1. The molecular weight excluding hydrogens is 568 g/mol. The summed E-state index contributed by atoms with van der Waals surface area (Å²) in [5.41, 5.74) is 3.49. The first-order chi connectivity index (χ1) is 20.6. The highest BCUT2D eigenvalue weighted by molar-refractivity contribution is 7.92. The molecule has 228 valence electrons. The van der Waals surface area contributed by atoms with Gasteiger partial charge >= 0.3 is 0 Å². The van der Waals surface area contributed by atoms with Crippen LogP contribution in [0.2, 0.25) is 0 Å². The van der Waals surface area contributed by atoms with Crippen LogP contribution in [0.15, 0.2) is 71.7 Å². The van der Waals surface area contributed by atoms with E-state index in [-0.39, 0.29) is 18.4 Å². The van der Waals surface area contributed by atoms with Crippen molar-refractivity contribution in [2.45, 2.75) is 33.6 Å². The number of ether oxygens (including phenoxy) is 2. The largest absolute Gasteiger partial charge is 0.490 e. The number of nitrogens with one attached hydrogen (secondary N) is 1. The fourth-order valence-corrected chi connectivity index (χ4v) is 5.86. The van der Waals surface area contributed by atoms with E-state index in [0.717, 1.165) is 16.1 Å². The highest BCUT2D eigenvalue weighted by atomic mass is 32.2. The molecule has 2 amide bonds. The number of carbonyl (C=O) groups excluding carboxylic acids is 2. The van der Waals surface area contributed by atoms with Crippen LogP contribution in [0.25, 0.3) is 0 Å². The molecule has 0 bridgehead atoms. The van der Waals surface area contributed by atoms with Crippen LogP contribution in [0, 0.1) is 0 Å². The number of aliphatic imine (C=N–C) groups is 1. The Hall–Kier alpha value is -4.38. The van der Waals surface area contributed by atoms with E-state index in [1.54, 1.807) is 35.2 Å². The van der Waals surface area contributed by atoms with Crippen molar-refractivity contribution in [1.82, 2.24) is 4.90 Å². The molecule has 10 nitrogen and oxygen atoms in total. The number of anilines is 2. The lowest BCUT2D eigenvalue weighted by Gasteiger charge is -2.26. The molecule has 4 rings (SSSR count). The van der Waals surface area contributed by atoms with Crippen LogP contribution in [0.5, 0.6) is 11.5 Å². The molecule has 11 heteroatoms. The molecule has 1 aliphatic rings. The summed E-state index contributed by atoms with van der Waals surface area (Å²) in [4.78, 5) is 32.7. The minimum absolute atomic E-state index is 0.233. The Kier molecular flexibility index (Phi) is 10.1. The molecule has 0 spiro atoms. The molecular formula is C32H38N4O6S. The Morgan fingerprint density at radius 2 is 1.51 bits per heavy atom. The van der Waals surface area contributed by atoms with E-state index in [2.05, 4.69) is 5.32 Å². The van der Waals surface area contributed by atoms with Gasteiger partial charge in [-0.15, -0.1) is 0 Å². The van der Waals surface area contributed by atoms with Crippen LogP contribution >= 0.6 is 0 Å². The van der Waals surface area contributed by atoms with Crippen LogP contribution in [-0.2, 0) is 19.6 Å². The second-order valence-electron chi connectivity index (χ2n) is 9.89. The predicted octanol–water partition coefficient (Wildman–Crippen LogP) is 4.98. The van der Waals surface area contributed by atoms with Gasteiger partial charge in [0.1, 0.15) is 12.5 Å². The van der Waals surface area contributed by atoms with Gasteiger partial charge in [0.15, 0.2) is 11.5 Å². The lowest BCUT2D eigenvalue weighted by molar-refractivity contribution is -0.129. The molecule has 0 aromatic heterocycles. The minimum Gasteiger partial charge on any atom is -0.490 e. The summed E-state index contributed by atoms with van der Waals surface area (Å²) >= 11 is 0. The normalized spacial score (nSPS) is 14.6. The van der Waals surface area contributed by atoms with Crippen molar-refractivity contribution >= 4 is 44.6 Å². The minimum atomic E-state index is -3.74. The third-order valence-corrected chi connectivity index (χ3v) is 8.21. The summed E-state index contributed by atoms with van der Waals surface area (Å²) in [7, 11) is -3.74. The van der Waals surface area contributed by atoms with E-state index in [0.29, 0.717) is 66.1 Å².